The number of carbonyl (C=O) groups is 1. The lowest BCUT2D eigenvalue weighted by atomic mass is 10.2. The Morgan fingerprint density at radius 3 is 2.65 bits per heavy atom. The maximum Gasteiger partial charge on any atom is 0.416 e. The Morgan fingerprint density at radius 1 is 1.40 bits per heavy atom. The minimum Gasteiger partial charge on any atom is -0.466 e. The van der Waals surface area contributed by atoms with Gasteiger partial charge in [-0.3, -0.25) is 4.79 Å². The van der Waals surface area contributed by atoms with Crippen LogP contribution in [0.5, 0.6) is 0 Å². The van der Waals surface area contributed by atoms with Crippen molar-refractivity contribution in [2.45, 2.75) is 25.9 Å². The number of halogens is 4. The van der Waals surface area contributed by atoms with Crippen molar-refractivity contribution in [2.75, 3.05) is 18.5 Å². The van der Waals surface area contributed by atoms with Crippen molar-refractivity contribution in [1.29, 1.82) is 0 Å². The number of anilines is 1. The monoisotopic (exact) mass is 353 g/mol. The van der Waals surface area contributed by atoms with Crippen LogP contribution in [-0.4, -0.2) is 19.1 Å². The Balaban J connectivity index is 2.47. The summed E-state index contributed by atoms with van der Waals surface area (Å²) in [6.07, 6.45) is -3.53. The van der Waals surface area contributed by atoms with Crippen LogP contribution in [0.2, 0.25) is 0 Å². The van der Waals surface area contributed by atoms with Gasteiger partial charge in [-0.2, -0.15) is 13.2 Å². The molecule has 0 fully saturated rings. The van der Waals surface area contributed by atoms with Gasteiger partial charge in [-0.15, -0.1) is 0 Å². The summed E-state index contributed by atoms with van der Waals surface area (Å²) in [5.74, 6) is -0.277. The van der Waals surface area contributed by atoms with Crippen LogP contribution in [-0.2, 0) is 15.7 Å². The first-order valence-electron chi connectivity index (χ1n) is 6.11. The summed E-state index contributed by atoms with van der Waals surface area (Å²) in [5.41, 5.74) is -0.150. The average Bonchev–Trinajstić information content (AvgIpc) is 2.35. The van der Waals surface area contributed by atoms with Crippen LogP contribution in [0.15, 0.2) is 22.7 Å². The van der Waals surface area contributed by atoms with E-state index >= 15 is 0 Å². The number of hydrogen-bond donors (Lipinski definition) is 1. The highest BCUT2D eigenvalue weighted by atomic mass is 79.9. The molecule has 0 radical (unpaired) electrons. The molecule has 0 bridgehead atoms. The molecule has 0 aromatic heterocycles. The molecule has 0 unspecified atom stereocenters. The third-order valence-electron chi connectivity index (χ3n) is 2.47. The molecular weight excluding hydrogens is 339 g/mol. The quantitative estimate of drug-likeness (QED) is 0.614. The maximum absolute atomic E-state index is 12.5. The van der Waals surface area contributed by atoms with Crippen LogP contribution in [0, 0.1) is 0 Å². The lowest BCUT2D eigenvalue weighted by molar-refractivity contribution is -0.143. The van der Waals surface area contributed by atoms with E-state index in [1.807, 2.05) is 0 Å². The van der Waals surface area contributed by atoms with Gasteiger partial charge in [-0.1, -0.05) is 0 Å². The molecule has 0 amide bonds. The second kappa shape index (κ2) is 7.52. The third-order valence-corrected chi connectivity index (χ3v) is 3.13. The summed E-state index contributed by atoms with van der Waals surface area (Å²) in [6, 6.07) is 3.39. The number of hydrogen-bond acceptors (Lipinski definition) is 3. The number of nitrogens with one attached hydrogen (secondary N) is 1. The minimum absolute atomic E-state index is 0.277. The minimum atomic E-state index is -4.36. The van der Waals surface area contributed by atoms with E-state index in [1.165, 1.54) is 6.07 Å². The van der Waals surface area contributed by atoms with Crippen LogP contribution < -0.4 is 5.32 Å². The van der Waals surface area contributed by atoms with E-state index in [1.54, 1.807) is 6.92 Å². The van der Waals surface area contributed by atoms with Gasteiger partial charge < -0.3 is 10.1 Å². The Kier molecular flexibility index (Phi) is 6.32. The molecule has 0 atom stereocenters. The number of esters is 1. The number of alkyl halides is 3. The Morgan fingerprint density at radius 2 is 2.10 bits per heavy atom. The molecule has 0 saturated carbocycles. The summed E-state index contributed by atoms with van der Waals surface area (Å²) in [5, 5.41) is 2.97. The number of benzene rings is 1. The van der Waals surface area contributed by atoms with Crippen molar-refractivity contribution in [2.24, 2.45) is 0 Å². The first-order valence-corrected chi connectivity index (χ1v) is 6.90. The summed E-state index contributed by atoms with van der Waals surface area (Å²) in [6.45, 7) is 2.55. The van der Waals surface area contributed by atoms with Gasteiger partial charge >= 0.3 is 12.1 Å². The number of carbonyl (C=O) groups excluding carboxylic acids is 1. The van der Waals surface area contributed by atoms with E-state index in [-0.39, 0.29) is 12.4 Å². The zero-order chi connectivity index (χ0) is 15.2. The maximum atomic E-state index is 12.5. The van der Waals surface area contributed by atoms with Crippen molar-refractivity contribution in [3.8, 4) is 0 Å². The highest BCUT2D eigenvalue weighted by Crippen LogP contribution is 2.33. The Bertz CT molecular complexity index is 463. The van der Waals surface area contributed by atoms with Crippen LogP contribution >= 0.6 is 15.9 Å². The van der Waals surface area contributed by atoms with Gasteiger partial charge in [0, 0.05) is 23.1 Å². The lowest BCUT2D eigenvalue weighted by Gasteiger charge is -2.11. The van der Waals surface area contributed by atoms with Crippen molar-refractivity contribution in [1.82, 2.24) is 0 Å². The van der Waals surface area contributed by atoms with Crippen LogP contribution in [0.4, 0.5) is 18.9 Å². The molecule has 0 saturated heterocycles. The van der Waals surface area contributed by atoms with E-state index in [0.717, 1.165) is 12.1 Å². The van der Waals surface area contributed by atoms with Gasteiger partial charge in [-0.05, 0) is 47.5 Å². The highest BCUT2D eigenvalue weighted by molar-refractivity contribution is 9.10. The molecule has 3 nitrogen and oxygen atoms in total. The molecule has 0 aliphatic heterocycles. The summed E-state index contributed by atoms with van der Waals surface area (Å²) < 4.78 is 42.5. The molecule has 0 aliphatic carbocycles. The molecule has 20 heavy (non-hydrogen) atoms. The first kappa shape index (κ1) is 16.8. The third kappa shape index (κ3) is 5.40. The smallest absolute Gasteiger partial charge is 0.416 e. The highest BCUT2D eigenvalue weighted by Gasteiger charge is 2.30. The average molecular weight is 354 g/mol. The summed E-state index contributed by atoms with van der Waals surface area (Å²) >= 11 is 3.09. The van der Waals surface area contributed by atoms with E-state index in [9.17, 15) is 18.0 Å². The standard InChI is InChI=1S/C13H15BrF3NO2/c1-2-20-12(19)4-3-7-18-11-6-5-9(8-10(11)14)13(15,16)17/h5-6,8,18H,2-4,7H2,1H3. The summed E-state index contributed by atoms with van der Waals surface area (Å²) in [7, 11) is 0. The van der Waals surface area contributed by atoms with Crippen molar-refractivity contribution in [3.05, 3.63) is 28.2 Å². The van der Waals surface area contributed by atoms with Crippen LogP contribution in [0.25, 0.3) is 0 Å². The van der Waals surface area contributed by atoms with Gasteiger partial charge in [0.05, 0.1) is 12.2 Å². The number of rotatable bonds is 6. The van der Waals surface area contributed by atoms with Crippen LogP contribution in [0.1, 0.15) is 25.3 Å². The first-order chi connectivity index (χ1) is 9.34. The van der Waals surface area contributed by atoms with E-state index in [0.29, 0.717) is 29.7 Å². The number of ether oxygens (including phenoxy) is 1. The fourth-order valence-electron chi connectivity index (χ4n) is 1.52. The zero-order valence-electron chi connectivity index (χ0n) is 10.9. The van der Waals surface area contributed by atoms with Crippen molar-refractivity contribution >= 4 is 27.6 Å². The fraction of sp³-hybridized carbons (Fsp3) is 0.462. The summed E-state index contributed by atoms with van der Waals surface area (Å²) in [4.78, 5) is 11.1. The Hall–Kier alpha value is -1.24. The van der Waals surface area contributed by atoms with E-state index in [2.05, 4.69) is 21.2 Å². The molecule has 112 valence electrons. The molecule has 7 heteroatoms. The van der Waals surface area contributed by atoms with Gasteiger partial charge in [-0.25, -0.2) is 0 Å². The molecule has 1 N–H and O–H groups in total. The van der Waals surface area contributed by atoms with Gasteiger partial charge in [0.1, 0.15) is 0 Å². The molecule has 0 spiro atoms. The molecule has 1 rings (SSSR count). The van der Waals surface area contributed by atoms with Gasteiger partial charge in [0.15, 0.2) is 0 Å². The van der Waals surface area contributed by atoms with Gasteiger partial charge in [0.25, 0.3) is 0 Å². The second-order valence-electron chi connectivity index (χ2n) is 4.03. The fourth-order valence-corrected chi connectivity index (χ4v) is 2.04. The zero-order valence-corrected chi connectivity index (χ0v) is 12.5. The lowest BCUT2D eigenvalue weighted by Crippen LogP contribution is -2.09. The van der Waals surface area contributed by atoms with Gasteiger partial charge in [0.2, 0.25) is 0 Å². The molecule has 0 aliphatic rings. The van der Waals surface area contributed by atoms with Crippen LogP contribution in [0.3, 0.4) is 0 Å². The molecule has 1 aromatic rings. The normalized spacial score (nSPS) is 11.2. The molecule has 1 aromatic carbocycles. The Labute approximate surface area is 123 Å². The largest absolute Gasteiger partial charge is 0.466 e. The molecule has 0 heterocycles. The predicted octanol–water partition coefficient (Wildman–Crippen LogP) is 4.22. The predicted molar refractivity (Wildman–Crippen MR) is 73.5 cm³/mol. The topological polar surface area (TPSA) is 38.3 Å². The van der Waals surface area contributed by atoms with E-state index in [4.69, 9.17) is 4.74 Å². The van der Waals surface area contributed by atoms with Crippen molar-refractivity contribution in [3.63, 3.8) is 0 Å². The van der Waals surface area contributed by atoms with Crippen molar-refractivity contribution < 1.29 is 22.7 Å². The molecular formula is C13H15BrF3NO2. The van der Waals surface area contributed by atoms with E-state index < -0.39 is 11.7 Å². The SMILES string of the molecule is CCOC(=O)CCCNc1ccc(C(F)(F)F)cc1Br. The second-order valence-corrected chi connectivity index (χ2v) is 4.88.